The molecule has 4 atom stereocenters. The van der Waals surface area contributed by atoms with Gasteiger partial charge in [-0.1, -0.05) is 37.6 Å². The van der Waals surface area contributed by atoms with Crippen LogP contribution in [0.4, 0.5) is 0 Å². The lowest BCUT2D eigenvalue weighted by atomic mass is 10.0. The van der Waals surface area contributed by atoms with Crippen LogP contribution in [0, 0.1) is 0 Å². The highest BCUT2D eigenvalue weighted by Gasteiger charge is 2.41. The van der Waals surface area contributed by atoms with Crippen molar-refractivity contribution in [1.82, 2.24) is 0 Å². The van der Waals surface area contributed by atoms with Crippen molar-refractivity contribution in [2.24, 2.45) is 0 Å². The number of carbonyl (C=O) groups excluding carboxylic acids is 1. The van der Waals surface area contributed by atoms with Gasteiger partial charge in [-0.3, -0.25) is 4.79 Å². The van der Waals surface area contributed by atoms with E-state index in [1.54, 1.807) is 7.11 Å². The van der Waals surface area contributed by atoms with Crippen LogP contribution in [0.2, 0.25) is 0 Å². The van der Waals surface area contributed by atoms with Crippen LogP contribution < -0.4 is 4.74 Å². The molecule has 0 bridgehead atoms. The molecule has 160 valence electrons. The zero-order valence-corrected chi connectivity index (χ0v) is 17.8. The molecule has 29 heavy (non-hydrogen) atoms. The summed E-state index contributed by atoms with van der Waals surface area (Å²) in [6, 6.07) is 7.68. The molecule has 0 unspecified atom stereocenters. The number of fused-ring (bicyclic) bond motifs is 1. The lowest BCUT2D eigenvalue weighted by Crippen LogP contribution is -2.32. The second-order valence-electron chi connectivity index (χ2n) is 8.06. The molecule has 0 aliphatic carbocycles. The van der Waals surface area contributed by atoms with Crippen LogP contribution in [-0.4, -0.2) is 43.3 Å². The number of hydrogen-bond donors (Lipinski definition) is 0. The van der Waals surface area contributed by atoms with Gasteiger partial charge in [-0.25, -0.2) is 0 Å². The van der Waals surface area contributed by atoms with Crippen LogP contribution in [0.1, 0.15) is 52.0 Å². The first-order valence-corrected chi connectivity index (χ1v) is 10.4. The third kappa shape index (κ3) is 6.29. The maximum Gasteiger partial charge on any atom is 0.309 e. The highest BCUT2D eigenvalue weighted by atomic mass is 16.8. The Labute approximate surface area is 173 Å². The molecular weight excluding hydrogens is 372 g/mol. The molecule has 6 nitrogen and oxygen atoms in total. The molecule has 0 spiro atoms. The lowest BCUT2D eigenvalue weighted by molar-refractivity contribution is -0.157. The van der Waals surface area contributed by atoms with Crippen molar-refractivity contribution in [3.63, 3.8) is 0 Å². The van der Waals surface area contributed by atoms with Gasteiger partial charge in [-0.2, -0.15) is 0 Å². The largest absolute Gasteiger partial charge is 0.497 e. The van der Waals surface area contributed by atoms with Crippen LogP contribution in [0.15, 0.2) is 36.4 Å². The summed E-state index contributed by atoms with van der Waals surface area (Å²) in [5, 5.41) is 0. The molecule has 1 saturated heterocycles. The Kier molecular flexibility index (Phi) is 7.33. The SMILES string of the molecule is CCC[C@@H]1C[C@@H]2OC(C)(C)O[C@H]2/C=C/[C@@H](OCc2ccc(OC)cc2)CC(=O)O1. The highest BCUT2D eigenvalue weighted by molar-refractivity contribution is 5.70. The number of rotatable bonds is 6. The molecule has 2 heterocycles. The number of methoxy groups -OCH3 is 1. The van der Waals surface area contributed by atoms with Gasteiger partial charge in [-0.15, -0.1) is 0 Å². The van der Waals surface area contributed by atoms with E-state index >= 15 is 0 Å². The summed E-state index contributed by atoms with van der Waals surface area (Å²) in [6.45, 7) is 6.29. The van der Waals surface area contributed by atoms with E-state index in [-0.39, 0.29) is 30.7 Å². The number of hydrogen-bond acceptors (Lipinski definition) is 6. The highest BCUT2D eigenvalue weighted by Crippen LogP contribution is 2.33. The standard InChI is InChI=1S/C23H32O6/c1-5-6-19-13-21-20(28-23(2,3)29-21)12-11-18(14-22(24)27-19)26-15-16-7-9-17(25-4)10-8-16/h7-12,18-21H,5-6,13-15H2,1-4H3/b12-11+/t18-,19-,20+,21+/m1/s1. The van der Waals surface area contributed by atoms with E-state index < -0.39 is 11.9 Å². The lowest BCUT2D eigenvalue weighted by Gasteiger charge is -2.25. The van der Waals surface area contributed by atoms with Crippen molar-refractivity contribution in [2.45, 2.75) is 83.3 Å². The van der Waals surface area contributed by atoms with Gasteiger partial charge in [0.05, 0.1) is 32.3 Å². The topological polar surface area (TPSA) is 63.2 Å². The molecule has 1 fully saturated rings. The number of carbonyl (C=O) groups is 1. The predicted molar refractivity (Wildman–Crippen MR) is 109 cm³/mol. The Morgan fingerprint density at radius 3 is 2.59 bits per heavy atom. The molecule has 6 heteroatoms. The Morgan fingerprint density at radius 2 is 1.90 bits per heavy atom. The molecule has 1 aromatic carbocycles. The quantitative estimate of drug-likeness (QED) is 0.524. The van der Waals surface area contributed by atoms with Crippen molar-refractivity contribution < 1.29 is 28.5 Å². The predicted octanol–water partition coefficient (Wildman–Crippen LogP) is 4.16. The molecule has 0 amide bonds. The average Bonchev–Trinajstić information content (AvgIpc) is 2.97. The number of benzene rings is 1. The fourth-order valence-electron chi connectivity index (χ4n) is 3.75. The Hall–Kier alpha value is -1.89. The molecule has 0 aromatic heterocycles. The van der Waals surface area contributed by atoms with E-state index in [1.165, 1.54) is 0 Å². The minimum atomic E-state index is -0.659. The Balaban J connectivity index is 1.71. The average molecular weight is 405 g/mol. The third-order valence-electron chi connectivity index (χ3n) is 5.13. The van der Waals surface area contributed by atoms with E-state index in [0.29, 0.717) is 13.0 Å². The first kappa shape index (κ1) is 21.8. The van der Waals surface area contributed by atoms with Gasteiger partial charge in [-0.05, 0) is 38.0 Å². The Morgan fingerprint density at radius 1 is 1.14 bits per heavy atom. The van der Waals surface area contributed by atoms with Crippen molar-refractivity contribution in [3.05, 3.63) is 42.0 Å². The molecule has 0 saturated carbocycles. The minimum Gasteiger partial charge on any atom is -0.497 e. The molecule has 0 radical (unpaired) electrons. The van der Waals surface area contributed by atoms with Crippen LogP contribution in [0.5, 0.6) is 5.75 Å². The van der Waals surface area contributed by atoms with E-state index in [0.717, 1.165) is 24.2 Å². The van der Waals surface area contributed by atoms with E-state index in [9.17, 15) is 4.79 Å². The first-order chi connectivity index (χ1) is 13.9. The summed E-state index contributed by atoms with van der Waals surface area (Å²) < 4.78 is 29.1. The van der Waals surface area contributed by atoms with E-state index in [4.69, 9.17) is 23.7 Å². The number of esters is 1. The van der Waals surface area contributed by atoms with Crippen LogP contribution >= 0.6 is 0 Å². The summed E-state index contributed by atoms with van der Waals surface area (Å²) in [6.07, 6.45) is 5.52. The van der Waals surface area contributed by atoms with Gasteiger partial charge in [0.15, 0.2) is 5.79 Å². The Bertz CT molecular complexity index is 696. The maximum absolute atomic E-state index is 12.5. The molecule has 0 N–H and O–H groups in total. The van der Waals surface area contributed by atoms with Gasteiger partial charge in [0.2, 0.25) is 0 Å². The van der Waals surface area contributed by atoms with Crippen molar-refractivity contribution in [3.8, 4) is 5.75 Å². The number of cyclic esters (lactones) is 1. The normalized spacial score (nSPS) is 30.3. The smallest absolute Gasteiger partial charge is 0.309 e. The van der Waals surface area contributed by atoms with Gasteiger partial charge < -0.3 is 23.7 Å². The molecule has 2 aliphatic heterocycles. The fourth-order valence-corrected chi connectivity index (χ4v) is 3.75. The zero-order valence-electron chi connectivity index (χ0n) is 17.8. The maximum atomic E-state index is 12.5. The molecular formula is C23H32O6. The van der Waals surface area contributed by atoms with Gasteiger partial charge in [0.1, 0.15) is 18.0 Å². The molecule has 1 aromatic rings. The number of ether oxygens (including phenoxy) is 5. The monoisotopic (exact) mass is 404 g/mol. The van der Waals surface area contributed by atoms with Crippen LogP contribution in [0.25, 0.3) is 0 Å². The summed E-state index contributed by atoms with van der Waals surface area (Å²) in [5.74, 6) is -0.108. The van der Waals surface area contributed by atoms with Gasteiger partial charge in [0.25, 0.3) is 0 Å². The fraction of sp³-hybridized carbons (Fsp3) is 0.609. The van der Waals surface area contributed by atoms with Crippen LogP contribution in [0.3, 0.4) is 0 Å². The molecule has 3 rings (SSSR count). The van der Waals surface area contributed by atoms with Crippen LogP contribution in [-0.2, 0) is 30.3 Å². The molecule has 2 aliphatic rings. The van der Waals surface area contributed by atoms with E-state index in [2.05, 4.69) is 6.92 Å². The second kappa shape index (κ2) is 9.74. The minimum absolute atomic E-state index is 0.147. The zero-order chi connectivity index (χ0) is 20.9. The van der Waals surface area contributed by atoms with E-state index in [1.807, 2.05) is 50.3 Å². The van der Waals surface area contributed by atoms with Gasteiger partial charge >= 0.3 is 5.97 Å². The first-order valence-electron chi connectivity index (χ1n) is 10.4. The third-order valence-corrected chi connectivity index (χ3v) is 5.13. The van der Waals surface area contributed by atoms with Crippen molar-refractivity contribution >= 4 is 5.97 Å². The van der Waals surface area contributed by atoms with Gasteiger partial charge in [0, 0.05) is 6.42 Å². The summed E-state index contributed by atoms with van der Waals surface area (Å²) >= 11 is 0. The summed E-state index contributed by atoms with van der Waals surface area (Å²) in [5.41, 5.74) is 1.01. The second-order valence-corrected chi connectivity index (χ2v) is 8.06. The van der Waals surface area contributed by atoms with Crippen molar-refractivity contribution in [2.75, 3.05) is 7.11 Å². The summed E-state index contributed by atoms with van der Waals surface area (Å²) in [4.78, 5) is 12.5. The summed E-state index contributed by atoms with van der Waals surface area (Å²) in [7, 11) is 1.64. The van der Waals surface area contributed by atoms with Crippen molar-refractivity contribution in [1.29, 1.82) is 0 Å².